The van der Waals surface area contributed by atoms with E-state index in [0.717, 1.165) is 42.7 Å². The van der Waals surface area contributed by atoms with Crippen LogP contribution in [0, 0.1) is 19.8 Å². The Bertz CT molecular complexity index is 979. The minimum atomic E-state index is -0.245. The van der Waals surface area contributed by atoms with Crippen molar-refractivity contribution in [1.29, 1.82) is 0 Å². The van der Waals surface area contributed by atoms with Crippen molar-refractivity contribution < 1.29 is 19.1 Å². The van der Waals surface area contributed by atoms with Crippen molar-refractivity contribution >= 4 is 17.4 Å². The Labute approximate surface area is 183 Å². The summed E-state index contributed by atoms with van der Waals surface area (Å²) in [5.41, 5.74) is 3.70. The molecule has 1 atom stereocenters. The van der Waals surface area contributed by atoms with Gasteiger partial charge in [-0.3, -0.25) is 14.5 Å². The molecule has 1 N–H and O–H groups in total. The Morgan fingerprint density at radius 3 is 2.45 bits per heavy atom. The molecule has 0 unspecified atom stereocenters. The second kappa shape index (κ2) is 9.10. The van der Waals surface area contributed by atoms with Crippen molar-refractivity contribution in [2.75, 3.05) is 31.6 Å². The van der Waals surface area contributed by atoms with Crippen molar-refractivity contribution in [1.82, 2.24) is 4.90 Å². The predicted molar refractivity (Wildman–Crippen MR) is 120 cm³/mol. The van der Waals surface area contributed by atoms with E-state index in [1.165, 1.54) is 0 Å². The van der Waals surface area contributed by atoms with Crippen LogP contribution in [0.3, 0.4) is 0 Å². The van der Waals surface area contributed by atoms with Crippen molar-refractivity contribution in [3.8, 4) is 11.5 Å². The molecular formula is C25H30N2O4. The van der Waals surface area contributed by atoms with Gasteiger partial charge in [-0.25, -0.2) is 0 Å². The first-order valence-corrected chi connectivity index (χ1v) is 11.0. The average Bonchev–Trinajstić information content (AvgIpc) is 2.80. The van der Waals surface area contributed by atoms with Gasteiger partial charge in [-0.05, 0) is 82.1 Å². The van der Waals surface area contributed by atoms with Crippen molar-refractivity contribution in [2.45, 2.75) is 39.7 Å². The van der Waals surface area contributed by atoms with E-state index < -0.39 is 0 Å². The molecule has 2 aliphatic rings. The number of fused-ring (bicyclic) bond motifs is 1. The number of hydrogen-bond acceptors (Lipinski definition) is 5. The first-order chi connectivity index (χ1) is 14.9. The molecule has 4 rings (SSSR count). The van der Waals surface area contributed by atoms with E-state index in [1.54, 1.807) is 6.07 Å². The third-order valence-electron chi connectivity index (χ3n) is 6.31. The van der Waals surface area contributed by atoms with Gasteiger partial charge in [0.05, 0.1) is 6.04 Å². The number of ketones is 1. The zero-order valence-electron chi connectivity index (χ0n) is 18.4. The topological polar surface area (TPSA) is 67.9 Å². The van der Waals surface area contributed by atoms with Gasteiger partial charge in [0, 0.05) is 17.2 Å². The van der Waals surface area contributed by atoms with E-state index >= 15 is 0 Å². The lowest BCUT2D eigenvalue weighted by molar-refractivity contribution is -0.121. The second-order valence-corrected chi connectivity index (χ2v) is 8.52. The summed E-state index contributed by atoms with van der Waals surface area (Å²) in [4.78, 5) is 28.0. The molecule has 2 aliphatic heterocycles. The van der Waals surface area contributed by atoms with Crippen LogP contribution in [0.5, 0.6) is 11.5 Å². The number of piperidine rings is 1. The minimum Gasteiger partial charge on any atom is -0.486 e. The highest BCUT2D eigenvalue weighted by atomic mass is 16.6. The number of aryl methyl sites for hydroxylation is 2. The number of carbonyl (C=O) groups excluding carboxylic acids is 2. The van der Waals surface area contributed by atoms with Gasteiger partial charge in [-0.2, -0.15) is 0 Å². The summed E-state index contributed by atoms with van der Waals surface area (Å²) in [5.74, 6) is 1.44. The largest absolute Gasteiger partial charge is 0.486 e. The first kappa shape index (κ1) is 21.4. The molecule has 0 radical (unpaired) electrons. The molecule has 6 heteroatoms. The highest BCUT2D eigenvalue weighted by Gasteiger charge is 2.31. The first-order valence-electron chi connectivity index (χ1n) is 11.0. The van der Waals surface area contributed by atoms with Crippen LogP contribution in [-0.2, 0) is 4.79 Å². The lowest BCUT2D eigenvalue weighted by Gasteiger charge is -2.35. The van der Waals surface area contributed by atoms with Crippen LogP contribution in [0.4, 0.5) is 5.69 Å². The Kier molecular flexibility index (Phi) is 6.28. The number of amides is 1. The number of rotatable bonds is 5. The lowest BCUT2D eigenvalue weighted by Crippen LogP contribution is -2.47. The molecule has 164 valence electrons. The molecule has 2 aromatic carbocycles. The fourth-order valence-electron chi connectivity index (χ4n) is 4.25. The van der Waals surface area contributed by atoms with Crippen molar-refractivity contribution in [3.63, 3.8) is 0 Å². The maximum absolute atomic E-state index is 13.0. The number of nitrogens with one attached hydrogen (secondary N) is 1. The number of Topliss-reactive ketones (excluding diaryl/α,β-unsaturated/α-hetero) is 1. The standard InChI is InChI=1S/C25H30N2O4/c1-16-4-5-17(2)21(14-16)26-25(29)18(3)27-10-8-19(9-11-27)24(28)20-6-7-22-23(15-20)31-13-12-30-22/h4-7,14-15,18-19H,8-13H2,1-3H3,(H,26,29)/t18-/m0/s1. The quantitative estimate of drug-likeness (QED) is 0.738. The summed E-state index contributed by atoms with van der Waals surface area (Å²) in [6, 6.07) is 11.2. The van der Waals surface area contributed by atoms with Crippen LogP contribution in [0.15, 0.2) is 36.4 Å². The maximum atomic E-state index is 13.0. The van der Waals surface area contributed by atoms with Gasteiger partial charge in [0.1, 0.15) is 13.2 Å². The van der Waals surface area contributed by atoms with E-state index in [4.69, 9.17) is 9.47 Å². The number of anilines is 1. The Hall–Kier alpha value is -2.86. The number of benzene rings is 2. The molecule has 0 aromatic heterocycles. The Balaban J connectivity index is 1.34. The maximum Gasteiger partial charge on any atom is 0.241 e. The van der Waals surface area contributed by atoms with Gasteiger partial charge in [-0.1, -0.05) is 12.1 Å². The van der Waals surface area contributed by atoms with Gasteiger partial charge < -0.3 is 14.8 Å². The van der Waals surface area contributed by atoms with Crippen molar-refractivity contribution in [2.24, 2.45) is 5.92 Å². The summed E-state index contributed by atoms with van der Waals surface area (Å²) in [5, 5.41) is 3.06. The SMILES string of the molecule is Cc1ccc(C)c(NC(=O)[C@H](C)N2CCC(C(=O)c3ccc4c(c3)OCCO4)CC2)c1. The normalized spacial score (nSPS) is 17.8. The van der Waals surface area contributed by atoms with Crippen molar-refractivity contribution in [3.05, 3.63) is 53.1 Å². The third-order valence-corrected chi connectivity index (χ3v) is 6.31. The molecule has 1 saturated heterocycles. The van der Waals surface area contributed by atoms with E-state index in [0.29, 0.717) is 30.3 Å². The van der Waals surface area contributed by atoms with Gasteiger partial charge in [0.2, 0.25) is 5.91 Å². The highest BCUT2D eigenvalue weighted by Crippen LogP contribution is 2.32. The van der Waals surface area contributed by atoms with Gasteiger partial charge in [0.25, 0.3) is 0 Å². The summed E-state index contributed by atoms with van der Waals surface area (Å²) < 4.78 is 11.2. The summed E-state index contributed by atoms with van der Waals surface area (Å²) in [6.07, 6.45) is 1.49. The molecule has 1 amide bonds. The number of ether oxygens (including phenoxy) is 2. The molecular weight excluding hydrogens is 392 g/mol. The van der Waals surface area contributed by atoms with Crippen LogP contribution in [0.1, 0.15) is 41.3 Å². The molecule has 0 spiro atoms. The predicted octanol–water partition coefficient (Wildman–Crippen LogP) is 4.00. The fraction of sp³-hybridized carbons (Fsp3) is 0.440. The van der Waals surface area contributed by atoms with Gasteiger partial charge in [-0.15, -0.1) is 0 Å². The number of hydrogen-bond donors (Lipinski definition) is 1. The van der Waals surface area contributed by atoms with Crippen LogP contribution in [-0.4, -0.2) is 48.9 Å². The smallest absolute Gasteiger partial charge is 0.241 e. The van der Waals surface area contributed by atoms with E-state index in [1.807, 2.05) is 51.1 Å². The molecule has 31 heavy (non-hydrogen) atoms. The third kappa shape index (κ3) is 4.74. The molecule has 0 bridgehead atoms. The zero-order chi connectivity index (χ0) is 22.0. The molecule has 0 saturated carbocycles. The van der Waals surface area contributed by atoms with Crippen LogP contribution < -0.4 is 14.8 Å². The number of carbonyl (C=O) groups is 2. The van der Waals surface area contributed by atoms with E-state index in [2.05, 4.69) is 10.2 Å². The fourth-order valence-corrected chi connectivity index (χ4v) is 4.25. The zero-order valence-corrected chi connectivity index (χ0v) is 18.4. The Morgan fingerprint density at radius 1 is 1.00 bits per heavy atom. The van der Waals surface area contributed by atoms with Gasteiger partial charge in [0.15, 0.2) is 17.3 Å². The molecule has 2 heterocycles. The van der Waals surface area contributed by atoms with E-state index in [-0.39, 0.29) is 23.7 Å². The number of nitrogens with zero attached hydrogens (tertiary/aromatic N) is 1. The molecule has 1 fully saturated rings. The van der Waals surface area contributed by atoms with Crippen LogP contribution in [0.2, 0.25) is 0 Å². The number of likely N-dealkylation sites (tertiary alicyclic amines) is 1. The summed E-state index contributed by atoms with van der Waals surface area (Å²) in [7, 11) is 0. The summed E-state index contributed by atoms with van der Waals surface area (Å²) in [6.45, 7) is 8.43. The van der Waals surface area contributed by atoms with Gasteiger partial charge >= 0.3 is 0 Å². The Morgan fingerprint density at radius 2 is 1.71 bits per heavy atom. The molecule has 0 aliphatic carbocycles. The monoisotopic (exact) mass is 422 g/mol. The minimum absolute atomic E-state index is 0.00897. The van der Waals surface area contributed by atoms with Crippen LogP contribution >= 0.6 is 0 Å². The highest BCUT2D eigenvalue weighted by molar-refractivity contribution is 5.98. The van der Waals surface area contributed by atoms with E-state index in [9.17, 15) is 9.59 Å². The average molecular weight is 423 g/mol. The summed E-state index contributed by atoms with van der Waals surface area (Å²) >= 11 is 0. The molecule has 6 nitrogen and oxygen atoms in total. The van der Waals surface area contributed by atoms with Crippen LogP contribution in [0.25, 0.3) is 0 Å². The molecule has 2 aromatic rings. The second-order valence-electron chi connectivity index (χ2n) is 8.52. The lowest BCUT2D eigenvalue weighted by atomic mass is 9.88.